The second kappa shape index (κ2) is 6.08. The first-order valence-corrected chi connectivity index (χ1v) is 8.87. The van der Waals surface area contributed by atoms with E-state index in [0.29, 0.717) is 12.1 Å². The van der Waals surface area contributed by atoms with Gasteiger partial charge in [-0.05, 0) is 44.4 Å². The summed E-state index contributed by atoms with van der Waals surface area (Å²) in [5.74, 6) is 2.45. The summed E-state index contributed by atoms with van der Waals surface area (Å²) in [6, 6.07) is 9.91. The van der Waals surface area contributed by atoms with Crippen molar-refractivity contribution in [2.45, 2.75) is 50.8 Å². The predicted octanol–water partition coefficient (Wildman–Crippen LogP) is 3.70. The van der Waals surface area contributed by atoms with Gasteiger partial charge in [0.05, 0.1) is 5.60 Å². The van der Waals surface area contributed by atoms with E-state index in [0.717, 1.165) is 13.0 Å². The van der Waals surface area contributed by atoms with E-state index >= 15 is 0 Å². The molecule has 20 heavy (non-hydrogen) atoms. The van der Waals surface area contributed by atoms with Gasteiger partial charge in [0.2, 0.25) is 0 Å². The SMILES string of the molecule is Cc1ccc([C@@H](C)NC2CCOC3(CCSC3)C2)cc1. The Morgan fingerprint density at radius 3 is 2.85 bits per heavy atom. The van der Waals surface area contributed by atoms with E-state index in [1.165, 1.54) is 35.5 Å². The van der Waals surface area contributed by atoms with Crippen LogP contribution in [0.15, 0.2) is 24.3 Å². The van der Waals surface area contributed by atoms with E-state index in [1.54, 1.807) is 0 Å². The average Bonchev–Trinajstić information content (AvgIpc) is 2.87. The van der Waals surface area contributed by atoms with Crippen molar-refractivity contribution in [2.24, 2.45) is 0 Å². The van der Waals surface area contributed by atoms with Crippen LogP contribution in [0.4, 0.5) is 0 Å². The summed E-state index contributed by atoms with van der Waals surface area (Å²) in [7, 11) is 0. The van der Waals surface area contributed by atoms with E-state index in [1.807, 2.05) is 11.8 Å². The molecule has 1 spiro atoms. The quantitative estimate of drug-likeness (QED) is 0.917. The summed E-state index contributed by atoms with van der Waals surface area (Å²) in [6.45, 7) is 5.33. The van der Waals surface area contributed by atoms with Crippen LogP contribution in [0.2, 0.25) is 0 Å². The van der Waals surface area contributed by atoms with Crippen LogP contribution in [0.1, 0.15) is 43.4 Å². The van der Waals surface area contributed by atoms with Crippen molar-refractivity contribution in [3.05, 3.63) is 35.4 Å². The Kier molecular flexibility index (Phi) is 4.39. The molecule has 2 heterocycles. The zero-order valence-corrected chi connectivity index (χ0v) is 13.3. The summed E-state index contributed by atoms with van der Waals surface area (Å²) in [5, 5.41) is 3.82. The topological polar surface area (TPSA) is 21.3 Å². The van der Waals surface area contributed by atoms with Crippen LogP contribution in [0.25, 0.3) is 0 Å². The molecular weight excluding hydrogens is 266 g/mol. The highest BCUT2D eigenvalue weighted by atomic mass is 32.2. The molecule has 2 unspecified atom stereocenters. The number of hydrogen-bond donors (Lipinski definition) is 1. The normalized spacial score (nSPS) is 31.6. The number of benzene rings is 1. The van der Waals surface area contributed by atoms with Gasteiger partial charge in [-0.15, -0.1) is 0 Å². The number of thioether (sulfide) groups is 1. The Morgan fingerprint density at radius 2 is 2.15 bits per heavy atom. The first-order chi connectivity index (χ1) is 9.67. The van der Waals surface area contributed by atoms with E-state index < -0.39 is 0 Å². The fourth-order valence-electron chi connectivity index (χ4n) is 3.34. The van der Waals surface area contributed by atoms with Crippen LogP contribution in [-0.2, 0) is 4.74 Å². The smallest absolute Gasteiger partial charge is 0.0795 e. The highest BCUT2D eigenvalue weighted by Crippen LogP contribution is 2.38. The Balaban J connectivity index is 1.60. The third kappa shape index (κ3) is 3.21. The Morgan fingerprint density at radius 1 is 1.35 bits per heavy atom. The number of aryl methyl sites for hydroxylation is 1. The Hall–Kier alpha value is -0.510. The molecule has 0 aromatic heterocycles. The van der Waals surface area contributed by atoms with Crippen LogP contribution in [0.5, 0.6) is 0 Å². The second-order valence-corrected chi connectivity index (χ2v) is 7.43. The van der Waals surface area contributed by atoms with Gasteiger partial charge in [0, 0.05) is 24.4 Å². The van der Waals surface area contributed by atoms with Gasteiger partial charge in [-0.2, -0.15) is 11.8 Å². The van der Waals surface area contributed by atoms with Crippen molar-refractivity contribution >= 4 is 11.8 Å². The van der Waals surface area contributed by atoms with Crippen LogP contribution >= 0.6 is 11.8 Å². The van der Waals surface area contributed by atoms with Gasteiger partial charge in [-0.1, -0.05) is 29.8 Å². The minimum atomic E-state index is 0.174. The fourth-order valence-corrected chi connectivity index (χ4v) is 4.72. The lowest BCUT2D eigenvalue weighted by atomic mass is 9.89. The third-order valence-electron chi connectivity index (χ3n) is 4.62. The number of rotatable bonds is 3. The monoisotopic (exact) mass is 291 g/mol. The lowest BCUT2D eigenvalue weighted by molar-refractivity contribution is -0.0711. The van der Waals surface area contributed by atoms with E-state index in [-0.39, 0.29) is 5.60 Å². The van der Waals surface area contributed by atoms with Gasteiger partial charge in [-0.3, -0.25) is 0 Å². The highest BCUT2D eigenvalue weighted by molar-refractivity contribution is 7.99. The van der Waals surface area contributed by atoms with E-state index in [9.17, 15) is 0 Å². The van der Waals surface area contributed by atoms with Gasteiger partial charge in [0.25, 0.3) is 0 Å². The summed E-state index contributed by atoms with van der Waals surface area (Å²) in [5.41, 5.74) is 2.89. The average molecular weight is 291 g/mol. The molecule has 110 valence electrons. The zero-order valence-electron chi connectivity index (χ0n) is 12.5. The van der Waals surface area contributed by atoms with Crippen LogP contribution in [0.3, 0.4) is 0 Å². The van der Waals surface area contributed by atoms with Crippen molar-refractivity contribution in [1.82, 2.24) is 5.32 Å². The summed E-state index contributed by atoms with van der Waals surface area (Å²) in [6.07, 6.45) is 3.55. The molecule has 2 fully saturated rings. The van der Waals surface area contributed by atoms with Crippen LogP contribution in [0, 0.1) is 6.92 Å². The Bertz CT molecular complexity index is 439. The van der Waals surface area contributed by atoms with Crippen molar-refractivity contribution in [2.75, 3.05) is 18.1 Å². The van der Waals surface area contributed by atoms with Gasteiger partial charge in [0.15, 0.2) is 0 Å². The molecule has 0 radical (unpaired) electrons. The fraction of sp³-hybridized carbons (Fsp3) is 0.647. The maximum Gasteiger partial charge on any atom is 0.0795 e. The molecule has 3 atom stereocenters. The molecule has 2 nitrogen and oxygen atoms in total. The second-order valence-electron chi connectivity index (χ2n) is 6.32. The molecular formula is C17H25NOS. The Labute approximate surface area is 126 Å². The first-order valence-electron chi connectivity index (χ1n) is 7.71. The lowest BCUT2D eigenvalue weighted by Crippen LogP contribution is -2.47. The molecule has 2 aliphatic rings. The zero-order chi connectivity index (χ0) is 14.0. The van der Waals surface area contributed by atoms with Crippen molar-refractivity contribution in [1.29, 1.82) is 0 Å². The number of hydrogen-bond acceptors (Lipinski definition) is 3. The highest BCUT2D eigenvalue weighted by Gasteiger charge is 2.40. The van der Waals surface area contributed by atoms with Crippen LogP contribution in [-0.4, -0.2) is 29.8 Å². The number of ether oxygens (including phenoxy) is 1. The van der Waals surface area contributed by atoms with Gasteiger partial charge in [0.1, 0.15) is 0 Å². The lowest BCUT2D eigenvalue weighted by Gasteiger charge is -2.39. The molecule has 3 heteroatoms. The predicted molar refractivity (Wildman–Crippen MR) is 86.4 cm³/mol. The van der Waals surface area contributed by atoms with E-state index in [2.05, 4.69) is 43.4 Å². The maximum absolute atomic E-state index is 6.10. The molecule has 0 bridgehead atoms. The van der Waals surface area contributed by atoms with Gasteiger partial charge >= 0.3 is 0 Å². The molecule has 2 aliphatic heterocycles. The van der Waals surface area contributed by atoms with Crippen molar-refractivity contribution in [3.8, 4) is 0 Å². The molecule has 2 saturated heterocycles. The van der Waals surface area contributed by atoms with Crippen molar-refractivity contribution < 1.29 is 4.74 Å². The number of nitrogens with one attached hydrogen (secondary N) is 1. The first kappa shape index (κ1) is 14.4. The minimum absolute atomic E-state index is 0.174. The maximum atomic E-state index is 6.10. The molecule has 1 aromatic rings. The standard InChI is InChI=1S/C17H25NOS/c1-13-3-5-15(6-4-13)14(2)18-16-7-9-19-17(11-16)8-10-20-12-17/h3-6,14,16,18H,7-12H2,1-2H3/t14-,16?,17?/m1/s1. The molecule has 0 saturated carbocycles. The summed E-state index contributed by atoms with van der Waals surface area (Å²) >= 11 is 2.05. The molecule has 1 aromatic carbocycles. The summed E-state index contributed by atoms with van der Waals surface area (Å²) < 4.78 is 6.10. The van der Waals surface area contributed by atoms with E-state index in [4.69, 9.17) is 4.74 Å². The van der Waals surface area contributed by atoms with Gasteiger partial charge < -0.3 is 10.1 Å². The molecule has 0 aliphatic carbocycles. The molecule has 3 rings (SSSR count). The molecule has 1 N–H and O–H groups in total. The molecule has 0 amide bonds. The van der Waals surface area contributed by atoms with Crippen LogP contribution < -0.4 is 5.32 Å². The third-order valence-corrected chi connectivity index (χ3v) is 5.85. The van der Waals surface area contributed by atoms with Gasteiger partial charge in [-0.25, -0.2) is 0 Å². The summed E-state index contributed by atoms with van der Waals surface area (Å²) in [4.78, 5) is 0. The largest absolute Gasteiger partial charge is 0.374 e. The van der Waals surface area contributed by atoms with Crippen molar-refractivity contribution in [3.63, 3.8) is 0 Å². The minimum Gasteiger partial charge on any atom is -0.374 e.